The SMILES string of the molecule is COc1ccc(Cl)cc1N=Cc1c(O)[nH]c2ccc(F)cc12. The van der Waals surface area contributed by atoms with E-state index in [1.165, 1.54) is 25.5 Å². The van der Waals surface area contributed by atoms with Gasteiger partial charge in [0.15, 0.2) is 5.88 Å². The Hall–Kier alpha value is -2.53. The molecule has 0 fully saturated rings. The van der Waals surface area contributed by atoms with Gasteiger partial charge < -0.3 is 14.8 Å². The topological polar surface area (TPSA) is 57.6 Å². The van der Waals surface area contributed by atoms with Crippen molar-refractivity contribution in [3.63, 3.8) is 0 Å². The van der Waals surface area contributed by atoms with E-state index >= 15 is 0 Å². The highest BCUT2D eigenvalue weighted by molar-refractivity contribution is 6.30. The molecule has 0 aliphatic heterocycles. The van der Waals surface area contributed by atoms with E-state index in [1.807, 2.05) is 0 Å². The Balaban J connectivity index is 2.08. The minimum absolute atomic E-state index is 0.0784. The van der Waals surface area contributed by atoms with Gasteiger partial charge in [0, 0.05) is 22.1 Å². The van der Waals surface area contributed by atoms with E-state index in [9.17, 15) is 9.50 Å². The van der Waals surface area contributed by atoms with Gasteiger partial charge in [-0.3, -0.25) is 4.99 Å². The zero-order valence-corrected chi connectivity index (χ0v) is 12.4. The molecule has 6 heteroatoms. The van der Waals surface area contributed by atoms with Crippen LogP contribution in [0.5, 0.6) is 11.6 Å². The third-order valence-electron chi connectivity index (χ3n) is 3.25. The quantitative estimate of drug-likeness (QED) is 0.702. The van der Waals surface area contributed by atoms with Gasteiger partial charge in [-0.15, -0.1) is 0 Å². The summed E-state index contributed by atoms with van der Waals surface area (Å²) in [5.41, 5.74) is 1.54. The molecule has 0 saturated carbocycles. The van der Waals surface area contributed by atoms with Crippen molar-refractivity contribution in [1.82, 2.24) is 4.98 Å². The number of aromatic nitrogens is 1. The van der Waals surface area contributed by atoms with Crippen molar-refractivity contribution in [2.24, 2.45) is 4.99 Å². The van der Waals surface area contributed by atoms with Crippen LogP contribution < -0.4 is 4.74 Å². The first-order chi connectivity index (χ1) is 10.6. The third kappa shape index (κ3) is 2.63. The van der Waals surface area contributed by atoms with Crippen molar-refractivity contribution in [3.05, 3.63) is 52.8 Å². The number of nitrogens with one attached hydrogen (secondary N) is 1. The van der Waals surface area contributed by atoms with Crippen LogP contribution in [0.15, 0.2) is 41.4 Å². The van der Waals surface area contributed by atoms with Crippen LogP contribution in [0.1, 0.15) is 5.56 Å². The van der Waals surface area contributed by atoms with Crippen LogP contribution in [-0.2, 0) is 0 Å². The lowest BCUT2D eigenvalue weighted by Crippen LogP contribution is -1.85. The Morgan fingerprint density at radius 2 is 2.09 bits per heavy atom. The molecule has 3 aromatic rings. The van der Waals surface area contributed by atoms with Crippen LogP contribution >= 0.6 is 11.6 Å². The minimum Gasteiger partial charge on any atom is -0.494 e. The van der Waals surface area contributed by atoms with Crippen LogP contribution in [0.4, 0.5) is 10.1 Å². The van der Waals surface area contributed by atoms with Crippen molar-refractivity contribution >= 4 is 34.4 Å². The zero-order chi connectivity index (χ0) is 15.7. The Morgan fingerprint density at radius 1 is 1.27 bits per heavy atom. The smallest absolute Gasteiger partial charge is 0.198 e. The molecule has 0 saturated heterocycles. The maximum absolute atomic E-state index is 13.4. The van der Waals surface area contributed by atoms with Crippen molar-refractivity contribution in [3.8, 4) is 11.6 Å². The summed E-state index contributed by atoms with van der Waals surface area (Å²) >= 11 is 5.95. The second-order valence-corrected chi connectivity index (χ2v) is 5.09. The first kappa shape index (κ1) is 14.4. The summed E-state index contributed by atoms with van der Waals surface area (Å²) in [6.45, 7) is 0. The number of aliphatic imine (C=N–C) groups is 1. The summed E-state index contributed by atoms with van der Waals surface area (Å²) in [4.78, 5) is 7.05. The monoisotopic (exact) mass is 318 g/mol. The molecule has 0 radical (unpaired) electrons. The molecule has 0 unspecified atom stereocenters. The van der Waals surface area contributed by atoms with Crippen molar-refractivity contribution in [2.45, 2.75) is 0 Å². The van der Waals surface area contributed by atoms with Gasteiger partial charge in [0.2, 0.25) is 0 Å². The lowest BCUT2D eigenvalue weighted by molar-refractivity contribution is 0.416. The molecule has 1 heterocycles. The van der Waals surface area contributed by atoms with E-state index in [0.717, 1.165) is 0 Å². The number of ether oxygens (including phenoxy) is 1. The standard InChI is InChI=1S/C16H12ClFN2O2/c1-22-15-5-2-9(17)6-14(15)19-8-12-11-7-10(18)3-4-13(11)20-16(12)21/h2-8,20-21H,1H3. The largest absolute Gasteiger partial charge is 0.494 e. The van der Waals surface area contributed by atoms with E-state index in [2.05, 4.69) is 9.98 Å². The Morgan fingerprint density at radius 3 is 2.86 bits per heavy atom. The highest BCUT2D eigenvalue weighted by Crippen LogP contribution is 2.32. The number of aromatic hydroxyl groups is 1. The van der Waals surface area contributed by atoms with E-state index in [-0.39, 0.29) is 11.7 Å². The van der Waals surface area contributed by atoms with E-state index in [1.54, 1.807) is 24.3 Å². The van der Waals surface area contributed by atoms with Crippen molar-refractivity contribution in [2.75, 3.05) is 7.11 Å². The highest BCUT2D eigenvalue weighted by Gasteiger charge is 2.10. The molecular formula is C16H12ClFN2O2. The van der Waals surface area contributed by atoms with Gasteiger partial charge in [-0.2, -0.15) is 0 Å². The molecule has 4 nitrogen and oxygen atoms in total. The van der Waals surface area contributed by atoms with Gasteiger partial charge >= 0.3 is 0 Å². The number of fused-ring (bicyclic) bond motifs is 1. The van der Waals surface area contributed by atoms with Gasteiger partial charge in [-0.25, -0.2) is 4.39 Å². The Bertz CT molecular complexity index is 874. The summed E-state index contributed by atoms with van der Waals surface area (Å²) in [7, 11) is 1.53. The van der Waals surface area contributed by atoms with Crippen LogP contribution in [0.2, 0.25) is 5.02 Å². The first-order valence-electron chi connectivity index (χ1n) is 6.46. The van der Waals surface area contributed by atoms with Crippen LogP contribution in [-0.4, -0.2) is 23.4 Å². The number of H-pyrrole nitrogens is 1. The maximum atomic E-state index is 13.4. The molecule has 22 heavy (non-hydrogen) atoms. The predicted octanol–water partition coefficient (Wildman–Crippen LogP) is 4.43. The number of halogens is 2. The van der Waals surface area contributed by atoms with Crippen LogP contribution in [0.3, 0.4) is 0 Å². The van der Waals surface area contributed by atoms with E-state index in [0.29, 0.717) is 32.9 Å². The molecule has 0 aliphatic carbocycles. The summed E-state index contributed by atoms with van der Waals surface area (Å²) in [5.74, 6) is 0.0815. The number of hydrogen-bond donors (Lipinski definition) is 2. The average molecular weight is 319 g/mol. The fraction of sp³-hybridized carbons (Fsp3) is 0.0625. The second-order valence-electron chi connectivity index (χ2n) is 4.65. The Labute approximate surface area is 130 Å². The van der Waals surface area contributed by atoms with Crippen LogP contribution in [0, 0.1) is 5.82 Å². The van der Waals surface area contributed by atoms with Crippen LogP contribution in [0.25, 0.3) is 10.9 Å². The van der Waals surface area contributed by atoms with Crippen molar-refractivity contribution in [1.29, 1.82) is 0 Å². The summed E-state index contributed by atoms with van der Waals surface area (Å²) in [6, 6.07) is 9.24. The van der Waals surface area contributed by atoms with Gasteiger partial charge in [-0.05, 0) is 36.4 Å². The predicted molar refractivity (Wildman–Crippen MR) is 85.2 cm³/mol. The molecule has 2 N–H and O–H groups in total. The fourth-order valence-corrected chi connectivity index (χ4v) is 2.37. The molecule has 0 atom stereocenters. The summed E-state index contributed by atoms with van der Waals surface area (Å²) < 4.78 is 18.6. The number of rotatable bonds is 3. The summed E-state index contributed by atoms with van der Waals surface area (Å²) in [5, 5.41) is 11.0. The molecule has 2 aromatic carbocycles. The first-order valence-corrected chi connectivity index (χ1v) is 6.84. The average Bonchev–Trinajstić information content (AvgIpc) is 2.80. The lowest BCUT2D eigenvalue weighted by atomic mass is 10.2. The molecule has 0 bridgehead atoms. The van der Waals surface area contributed by atoms with Gasteiger partial charge in [0.1, 0.15) is 17.3 Å². The lowest BCUT2D eigenvalue weighted by Gasteiger charge is -2.04. The highest BCUT2D eigenvalue weighted by atomic mass is 35.5. The van der Waals surface area contributed by atoms with E-state index in [4.69, 9.17) is 16.3 Å². The fourth-order valence-electron chi connectivity index (χ4n) is 2.20. The normalized spacial score (nSPS) is 11.4. The minimum atomic E-state index is -0.388. The maximum Gasteiger partial charge on any atom is 0.198 e. The zero-order valence-electron chi connectivity index (χ0n) is 11.6. The third-order valence-corrected chi connectivity index (χ3v) is 3.49. The van der Waals surface area contributed by atoms with Gasteiger partial charge in [0.25, 0.3) is 0 Å². The summed E-state index contributed by atoms with van der Waals surface area (Å²) in [6.07, 6.45) is 1.45. The molecule has 0 spiro atoms. The number of hydrogen-bond acceptors (Lipinski definition) is 3. The van der Waals surface area contributed by atoms with Gasteiger partial charge in [0.05, 0.1) is 12.7 Å². The molecular weight excluding hydrogens is 307 g/mol. The van der Waals surface area contributed by atoms with Crippen molar-refractivity contribution < 1.29 is 14.2 Å². The molecule has 112 valence electrons. The number of nitrogens with zero attached hydrogens (tertiary/aromatic N) is 1. The number of benzene rings is 2. The molecule has 3 rings (SSSR count). The Kier molecular flexibility index (Phi) is 3.73. The molecule has 1 aromatic heterocycles. The second kappa shape index (κ2) is 5.69. The molecule has 0 aliphatic rings. The number of methoxy groups -OCH3 is 1. The molecule has 0 amide bonds. The van der Waals surface area contributed by atoms with Gasteiger partial charge in [-0.1, -0.05) is 11.6 Å². The van der Waals surface area contributed by atoms with E-state index < -0.39 is 0 Å². The number of aromatic amines is 1.